The van der Waals surface area contributed by atoms with Crippen LogP contribution in [0.25, 0.3) is 22.2 Å². The minimum atomic E-state index is -3.48. The van der Waals surface area contributed by atoms with Gasteiger partial charge in [-0.3, -0.25) is 9.13 Å². The molecule has 0 bridgehead atoms. The third kappa shape index (κ3) is 4.81. The molecule has 0 aliphatic carbocycles. The Balaban J connectivity index is 1.94. The molecule has 0 saturated heterocycles. The van der Waals surface area contributed by atoms with Crippen molar-refractivity contribution in [2.75, 3.05) is 25.7 Å². The van der Waals surface area contributed by atoms with Gasteiger partial charge in [0.1, 0.15) is 15.7 Å². The first kappa shape index (κ1) is 24.5. The highest BCUT2D eigenvalue weighted by atomic mass is 32.2. The summed E-state index contributed by atoms with van der Waals surface area (Å²) in [5.41, 5.74) is 2.35. The van der Waals surface area contributed by atoms with E-state index in [-0.39, 0.29) is 17.3 Å². The molecule has 0 radical (unpaired) electrons. The number of hydrogen-bond donors (Lipinski definition) is 0. The molecule has 1 heterocycles. The Labute approximate surface area is 203 Å². The van der Waals surface area contributed by atoms with E-state index in [9.17, 15) is 17.6 Å². The fraction of sp³-hybridized carbons (Fsp3) is 0.269. The highest BCUT2D eigenvalue weighted by molar-refractivity contribution is 7.90. The molecule has 7 nitrogen and oxygen atoms in total. The van der Waals surface area contributed by atoms with Gasteiger partial charge in [0.15, 0.2) is 11.5 Å². The smallest absolute Gasteiger partial charge is 0.329 e. The van der Waals surface area contributed by atoms with E-state index >= 15 is 0 Å². The summed E-state index contributed by atoms with van der Waals surface area (Å²) in [5, 5.41) is 0. The Kier molecular flexibility index (Phi) is 6.71. The summed E-state index contributed by atoms with van der Waals surface area (Å²) < 4.78 is 53.2. The monoisotopic (exact) mass is 498 g/mol. The van der Waals surface area contributed by atoms with Crippen molar-refractivity contribution in [2.45, 2.75) is 13.0 Å². The summed E-state index contributed by atoms with van der Waals surface area (Å²) in [6.07, 6.45) is 1.14. The van der Waals surface area contributed by atoms with Gasteiger partial charge in [0.05, 0.1) is 36.5 Å². The number of benzene rings is 3. The standard InChI is InChI=1S/C26H27FN2O5S/c1-5-34-25-15-18(11-13-24(25)33-3)23(16-35(4,31)32)29-21-12-10-17(14-22(21)28(2)26(29)30)19-8-6-7-9-20(19)27/h6-15,23H,5,16H2,1-4H3/t23-/m0/s1. The molecular formula is C26H27FN2O5S. The fourth-order valence-corrected chi connectivity index (χ4v) is 5.22. The van der Waals surface area contributed by atoms with Gasteiger partial charge in [-0.25, -0.2) is 17.6 Å². The van der Waals surface area contributed by atoms with Crippen molar-refractivity contribution in [1.29, 1.82) is 0 Å². The van der Waals surface area contributed by atoms with Gasteiger partial charge < -0.3 is 9.47 Å². The molecule has 0 unspecified atom stereocenters. The highest BCUT2D eigenvalue weighted by Crippen LogP contribution is 2.34. The van der Waals surface area contributed by atoms with E-state index in [4.69, 9.17) is 9.47 Å². The molecule has 0 fully saturated rings. The predicted octanol–water partition coefficient (Wildman–Crippen LogP) is 4.19. The number of rotatable bonds is 8. The van der Waals surface area contributed by atoms with Gasteiger partial charge in [0.2, 0.25) is 0 Å². The Bertz CT molecular complexity index is 1560. The van der Waals surface area contributed by atoms with Crippen LogP contribution in [-0.4, -0.2) is 43.3 Å². The lowest BCUT2D eigenvalue weighted by atomic mass is 10.0. The van der Waals surface area contributed by atoms with Crippen LogP contribution in [0.15, 0.2) is 65.5 Å². The number of aromatic nitrogens is 2. The number of fused-ring (bicyclic) bond motifs is 1. The molecule has 0 aliphatic heterocycles. The third-order valence-electron chi connectivity index (χ3n) is 5.92. The van der Waals surface area contributed by atoms with Gasteiger partial charge >= 0.3 is 5.69 Å². The minimum absolute atomic E-state index is 0.293. The molecule has 0 saturated carbocycles. The maximum atomic E-state index is 14.4. The summed E-state index contributed by atoms with van der Waals surface area (Å²) >= 11 is 0. The van der Waals surface area contributed by atoms with Crippen LogP contribution in [-0.2, 0) is 16.9 Å². The average molecular weight is 499 g/mol. The molecule has 4 rings (SSSR count). The van der Waals surface area contributed by atoms with Gasteiger partial charge in [-0.2, -0.15) is 0 Å². The second-order valence-corrected chi connectivity index (χ2v) is 10.5. The van der Waals surface area contributed by atoms with Crippen molar-refractivity contribution >= 4 is 20.9 Å². The van der Waals surface area contributed by atoms with E-state index in [1.165, 1.54) is 22.3 Å². The number of aryl methyl sites for hydroxylation is 1. The molecule has 4 aromatic rings. The van der Waals surface area contributed by atoms with Crippen LogP contribution in [0.4, 0.5) is 4.39 Å². The third-order valence-corrected chi connectivity index (χ3v) is 6.84. The SMILES string of the molecule is CCOc1cc([C@H](CS(C)(=O)=O)n2c(=O)n(C)c3cc(-c4ccccc4F)ccc32)ccc1OC. The number of ether oxygens (including phenoxy) is 2. The van der Waals surface area contributed by atoms with Crippen molar-refractivity contribution < 1.29 is 22.3 Å². The molecular weight excluding hydrogens is 471 g/mol. The summed E-state index contributed by atoms with van der Waals surface area (Å²) in [6.45, 7) is 2.23. The summed E-state index contributed by atoms with van der Waals surface area (Å²) in [5.74, 6) is 0.307. The van der Waals surface area contributed by atoms with Crippen LogP contribution in [0, 0.1) is 5.82 Å². The molecule has 0 aliphatic rings. The number of methoxy groups -OCH3 is 1. The van der Waals surface area contributed by atoms with Crippen LogP contribution in [0.3, 0.4) is 0 Å². The van der Waals surface area contributed by atoms with Crippen LogP contribution < -0.4 is 15.2 Å². The van der Waals surface area contributed by atoms with E-state index in [2.05, 4.69) is 0 Å². The van der Waals surface area contributed by atoms with E-state index < -0.39 is 15.9 Å². The van der Waals surface area contributed by atoms with Crippen LogP contribution >= 0.6 is 0 Å². The van der Waals surface area contributed by atoms with E-state index in [1.807, 2.05) is 6.92 Å². The van der Waals surface area contributed by atoms with E-state index in [0.29, 0.717) is 45.8 Å². The molecule has 0 N–H and O–H groups in total. The first-order valence-corrected chi connectivity index (χ1v) is 13.1. The van der Waals surface area contributed by atoms with Crippen LogP contribution in [0.1, 0.15) is 18.5 Å². The number of nitrogens with zero attached hydrogens (tertiary/aromatic N) is 2. The summed E-state index contributed by atoms with van der Waals surface area (Å²) in [6, 6.07) is 15.9. The molecule has 3 aromatic carbocycles. The first-order chi connectivity index (χ1) is 16.6. The molecule has 1 atom stereocenters. The van der Waals surface area contributed by atoms with Gasteiger partial charge in [-0.05, 0) is 48.4 Å². The summed E-state index contributed by atoms with van der Waals surface area (Å²) in [4.78, 5) is 13.4. The molecule has 184 valence electrons. The molecule has 35 heavy (non-hydrogen) atoms. The molecule has 9 heteroatoms. The summed E-state index contributed by atoms with van der Waals surface area (Å²) in [7, 11) is -0.348. The second kappa shape index (κ2) is 9.58. The zero-order valence-electron chi connectivity index (χ0n) is 20.0. The number of halogens is 1. The van der Waals surface area contributed by atoms with Gasteiger partial charge in [0.25, 0.3) is 0 Å². The van der Waals surface area contributed by atoms with Gasteiger partial charge in [-0.1, -0.05) is 30.3 Å². The maximum Gasteiger partial charge on any atom is 0.329 e. The van der Waals surface area contributed by atoms with Crippen molar-refractivity contribution in [3.05, 3.63) is 82.5 Å². The van der Waals surface area contributed by atoms with Gasteiger partial charge in [0, 0.05) is 18.9 Å². The lowest BCUT2D eigenvalue weighted by Crippen LogP contribution is -2.30. The van der Waals surface area contributed by atoms with Gasteiger partial charge in [-0.15, -0.1) is 0 Å². The topological polar surface area (TPSA) is 79.5 Å². The highest BCUT2D eigenvalue weighted by Gasteiger charge is 2.26. The first-order valence-electron chi connectivity index (χ1n) is 11.1. The van der Waals surface area contributed by atoms with Crippen molar-refractivity contribution in [2.24, 2.45) is 7.05 Å². The zero-order valence-corrected chi connectivity index (χ0v) is 20.8. The number of hydrogen-bond acceptors (Lipinski definition) is 5. The predicted molar refractivity (Wildman–Crippen MR) is 135 cm³/mol. The Morgan fingerprint density at radius 3 is 2.40 bits per heavy atom. The Hall–Kier alpha value is -3.59. The molecule has 0 spiro atoms. The Morgan fingerprint density at radius 2 is 1.74 bits per heavy atom. The average Bonchev–Trinajstić information content (AvgIpc) is 3.07. The zero-order chi connectivity index (χ0) is 25.3. The van der Waals surface area contributed by atoms with Crippen LogP contribution in [0.5, 0.6) is 11.5 Å². The molecule has 1 aromatic heterocycles. The number of sulfone groups is 1. The molecule has 0 amide bonds. The van der Waals surface area contributed by atoms with Crippen molar-refractivity contribution in [3.63, 3.8) is 0 Å². The van der Waals surface area contributed by atoms with Crippen LogP contribution in [0.2, 0.25) is 0 Å². The lowest BCUT2D eigenvalue weighted by Gasteiger charge is -2.20. The lowest BCUT2D eigenvalue weighted by molar-refractivity contribution is 0.310. The normalized spacial score (nSPS) is 12.6. The maximum absolute atomic E-state index is 14.4. The van der Waals surface area contributed by atoms with Crippen molar-refractivity contribution in [3.8, 4) is 22.6 Å². The van der Waals surface area contributed by atoms with E-state index in [1.54, 1.807) is 61.6 Å². The quantitative estimate of drug-likeness (QED) is 0.364. The van der Waals surface area contributed by atoms with E-state index in [0.717, 1.165) is 6.26 Å². The van der Waals surface area contributed by atoms with Crippen molar-refractivity contribution in [1.82, 2.24) is 9.13 Å². The largest absolute Gasteiger partial charge is 0.493 e. The Morgan fingerprint density at radius 1 is 1.00 bits per heavy atom. The fourth-order valence-electron chi connectivity index (χ4n) is 4.30. The minimum Gasteiger partial charge on any atom is -0.493 e. The second-order valence-electron chi connectivity index (χ2n) is 8.35. The number of imidazole rings is 1.